The monoisotopic (exact) mass is 664 g/mol. The topological polar surface area (TPSA) is 97.6 Å². The van der Waals surface area contributed by atoms with Crippen molar-refractivity contribution in [1.29, 1.82) is 0 Å². The van der Waals surface area contributed by atoms with E-state index in [2.05, 4.69) is 10.6 Å². The molecular weight excluding hydrogens is 633 g/mol. The molecule has 7 nitrogen and oxygen atoms in total. The van der Waals surface area contributed by atoms with E-state index in [0.717, 1.165) is 21.6 Å². The molecule has 0 aliphatic heterocycles. The van der Waals surface area contributed by atoms with E-state index in [1.807, 2.05) is 97.1 Å². The van der Waals surface area contributed by atoms with Gasteiger partial charge in [-0.1, -0.05) is 84.9 Å². The Balaban J connectivity index is 1.13. The van der Waals surface area contributed by atoms with E-state index in [9.17, 15) is 14.4 Å². The van der Waals surface area contributed by atoms with Crippen LogP contribution in [-0.2, 0) is 4.79 Å². The van der Waals surface area contributed by atoms with Crippen LogP contribution in [0.1, 0.15) is 26.5 Å². The minimum absolute atomic E-state index is 0.00268. The zero-order chi connectivity index (χ0) is 34.0. The van der Waals surface area contributed by atoms with Crippen LogP contribution < -0.4 is 15.4 Å². The van der Waals surface area contributed by atoms with Crippen molar-refractivity contribution in [3.63, 3.8) is 0 Å². The molecule has 0 unspecified atom stereocenters. The number of hydrogen-bond acceptors (Lipinski definition) is 6. The minimum atomic E-state index is -0.533. The fourth-order valence-electron chi connectivity index (χ4n) is 5.05. The highest BCUT2D eigenvalue weighted by Gasteiger charge is 2.17. The molecule has 2 N–H and O–H groups in total. The van der Waals surface area contributed by atoms with Crippen molar-refractivity contribution < 1.29 is 23.5 Å². The SMILES string of the molecule is COc1ccccc1-c1ccc(C=C(NC(=O)c2ccccc2)C(=O)Nc2ccc(SCC(=O)c3ccc(-c4ccccc4)cc3)cc2)o1. The summed E-state index contributed by atoms with van der Waals surface area (Å²) < 4.78 is 11.5. The van der Waals surface area contributed by atoms with E-state index in [-0.39, 0.29) is 17.2 Å². The molecule has 0 spiro atoms. The summed E-state index contributed by atoms with van der Waals surface area (Å²) in [5, 5.41) is 5.58. The highest BCUT2D eigenvalue weighted by Crippen LogP contribution is 2.31. The van der Waals surface area contributed by atoms with Gasteiger partial charge < -0.3 is 19.8 Å². The van der Waals surface area contributed by atoms with E-state index < -0.39 is 11.8 Å². The number of methoxy groups -OCH3 is 1. The van der Waals surface area contributed by atoms with Gasteiger partial charge in [0.2, 0.25) is 0 Å². The lowest BCUT2D eigenvalue weighted by Crippen LogP contribution is -2.30. The third-order valence-corrected chi connectivity index (χ3v) is 8.62. The Kier molecular flexibility index (Phi) is 10.5. The molecule has 49 heavy (non-hydrogen) atoms. The second-order valence-corrected chi connectivity index (χ2v) is 12.0. The first-order chi connectivity index (χ1) is 24.0. The van der Waals surface area contributed by atoms with Gasteiger partial charge in [-0.05, 0) is 71.8 Å². The number of anilines is 1. The number of rotatable bonds is 12. The first-order valence-corrected chi connectivity index (χ1v) is 16.5. The van der Waals surface area contributed by atoms with Gasteiger partial charge in [-0.3, -0.25) is 14.4 Å². The highest BCUT2D eigenvalue weighted by molar-refractivity contribution is 8.00. The Hall–Kier alpha value is -6.12. The van der Waals surface area contributed by atoms with E-state index in [0.29, 0.717) is 34.1 Å². The molecule has 0 bridgehead atoms. The third-order valence-electron chi connectivity index (χ3n) is 7.61. The fourth-order valence-corrected chi connectivity index (χ4v) is 5.85. The second-order valence-electron chi connectivity index (χ2n) is 10.9. The lowest BCUT2D eigenvalue weighted by Gasteiger charge is -2.11. The molecule has 8 heteroatoms. The molecule has 0 atom stereocenters. The first-order valence-electron chi connectivity index (χ1n) is 15.5. The number of nitrogens with one attached hydrogen (secondary N) is 2. The number of benzene rings is 5. The zero-order valence-electron chi connectivity index (χ0n) is 26.6. The summed E-state index contributed by atoms with van der Waals surface area (Å²) in [5.74, 6) is 0.885. The number of ether oxygens (including phenoxy) is 1. The molecule has 6 aromatic rings. The normalized spacial score (nSPS) is 11.1. The largest absolute Gasteiger partial charge is 0.496 e. The van der Waals surface area contributed by atoms with Crippen molar-refractivity contribution >= 4 is 41.1 Å². The lowest BCUT2D eigenvalue weighted by atomic mass is 10.0. The maximum atomic E-state index is 13.5. The average Bonchev–Trinajstić information content (AvgIpc) is 3.63. The van der Waals surface area contributed by atoms with Crippen LogP contribution in [-0.4, -0.2) is 30.5 Å². The first kappa shape index (κ1) is 32.8. The molecule has 0 fully saturated rings. The summed E-state index contributed by atoms with van der Waals surface area (Å²) in [6.45, 7) is 0. The van der Waals surface area contributed by atoms with E-state index in [4.69, 9.17) is 9.15 Å². The second kappa shape index (κ2) is 15.6. The molecular formula is C41H32N2O5S. The van der Waals surface area contributed by atoms with Gasteiger partial charge in [0.05, 0.1) is 18.4 Å². The Morgan fingerprint density at radius 2 is 1.35 bits per heavy atom. The Morgan fingerprint density at radius 3 is 2.06 bits per heavy atom. The Bertz CT molecular complexity index is 2090. The standard InChI is InChI=1S/C41H32N2O5S/c1-47-38-15-9-8-14-35(38)39-25-22-33(48-39)26-36(43-40(45)31-12-6-3-7-13-31)41(46)42-32-20-23-34(24-21-32)49-27-37(44)30-18-16-29(17-19-30)28-10-4-2-5-11-28/h2-26H,27H2,1H3,(H,42,46)(H,43,45). The molecule has 0 saturated heterocycles. The molecule has 1 aromatic heterocycles. The van der Waals surface area contributed by atoms with Crippen molar-refractivity contribution in [3.8, 4) is 28.2 Å². The maximum Gasteiger partial charge on any atom is 0.272 e. The van der Waals surface area contributed by atoms with Crippen LogP contribution >= 0.6 is 11.8 Å². The van der Waals surface area contributed by atoms with Gasteiger partial charge in [0.15, 0.2) is 5.78 Å². The van der Waals surface area contributed by atoms with Crippen molar-refractivity contribution in [1.82, 2.24) is 5.32 Å². The van der Waals surface area contributed by atoms with Gasteiger partial charge in [0.1, 0.15) is 23.0 Å². The summed E-state index contributed by atoms with van der Waals surface area (Å²) in [7, 11) is 1.58. The van der Waals surface area contributed by atoms with Gasteiger partial charge in [-0.25, -0.2) is 0 Å². The summed E-state index contributed by atoms with van der Waals surface area (Å²) in [6.07, 6.45) is 1.48. The Morgan fingerprint density at radius 1 is 0.694 bits per heavy atom. The van der Waals surface area contributed by atoms with Crippen LogP contribution in [0, 0.1) is 0 Å². The predicted molar refractivity (Wildman–Crippen MR) is 195 cm³/mol. The van der Waals surface area contributed by atoms with E-state index >= 15 is 0 Å². The van der Waals surface area contributed by atoms with Crippen LogP contribution in [0.3, 0.4) is 0 Å². The van der Waals surface area contributed by atoms with Crippen LogP contribution in [0.25, 0.3) is 28.5 Å². The minimum Gasteiger partial charge on any atom is -0.496 e. The van der Waals surface area contributed by atoms with Crippen molar-refractivity contribution in [2.24, 2.45) is 0 Å². The number of para-hydroxylation sites is 1. The van der Waals surface area contributed by atoms with Gasteiger partial charge in [-0.15, -0.1) is 11.8 Å². The molecule has 1 heterocycles. The van der Waals surface area contributed by atoms with Crippen molar-refractivity contribution in [2.45, 2.75) is 4.90 Å². The average molecular weight is 665 g/mol. The summed E-state index contributed by atoms with van der Waals surface area (Å²) in [4.78, 5) is 40.3. The number of Topliss-reactive ketones (excluding diaryl/α,β-unsaturated/α-hetero) is 1. The highest BCUT2D eigenvalue weighted by atomic mass is 32.2. The molecule has 0 aliphatic carbocycles. The van der Waals surface area contributed by atoms with Gasteiger partial charge in [0.25, 0.3) is 11.8 Å². The molecule has 6 rings (SSSR count). The molecule has 242 valence electrons. The predicted octanol–water partition coefficient (Wildman–Crippen LogP) is 9.01. The van der Waals surface area contributed by atoms with Gasteiger partial charge in [-0.2, -0.15) is 0 Å². The number of carbonyl (C=O) groups is 3. The van der Waals surface area contributed by atoms with Crippen LogP contribution in [0.4, 0.5) is 5.69 Å². The molecule has 5 aromatic carbocycles. The van der Waals surface area contributed by atoms with Crippen LogP contribution in [0.2, 0.25) is 0 Å². The molecule has 0 aliphatic rings. The number of carbonyl (C=O) groups excluding carboxylic acids is 3. The fraction of sp³-hybridized carbons (Fsp3) is 0.0488. The van der Waals surface area contributed by atoms with Crippen molar-refractivity contribution in [2.75, 3.05) is 18.2 Å². The van der Waals surface area contributed by atoms with Gasteiger partial charge in [0, 0.05) is 27.8 Å². The quantitative estimate of drug-likeness (QED) is 0.0770. The van der Waals surface area contributed by atoms with Crippen molar-refractivity contribution in [3.05, 3.63) is 168 Å². The number of hydrogen-bond donors (Lipinski definition) is 2. The Labute approximate surface area is 288 Å². The summed E-state index contributed by atoms with van der Waals surface area (Å²) in [5.41, 5.74) is 4.48. The molecule has 0 saturated carbocycles. The maximum absolute atomic E-state index is 13.5. The van der Waals surface area contributed by atoms with Crippen LogP contribution in [0.15, 0.2) is 161 Å². The van der Waals surface area contributed by atoms with E-state index in [1.165, 1.54) is 17.8 Å². The summed E-state index contributed by atoms with van der Waals surface area (Å²) >= 11 is 1.42. The smallest absolute Gasteiger partial charge is 0.272 e. The molecule has 0 radical (unpaired) electrons. The number of ketones is 1. The van der Waals surface area contributed by atoms with Crippen LogP contribution in [0.5, 0.6) is 5.75 Å². The third kappa shape index (κ3) is 8.43. The number of furan rings is 1. The number of amides is 2. The number of thioether (sulfide) groups is 1. The zero-order valence-corrected chi connectivity index (χ0v) is 27.4. The lowest BCUT2D eigenvalue weighted by molar-refractivity contribution is -0.113. The van der Waals surface area contributed by atoms with E-state index in [1.54, 1.807) is 55.6 Å². The van der Waals surface area contributed by atoms with Gasteiger partial charge >= 0.3 is 0 Å². The summed E-state index contributed by atoms with van der Waals surface area (Å²) in [6, 6.07) is 44.4. The molecule has 2 amide bonds.